The normalized spacial score (nSPS) is 11.0. The molecule has 0 radical (unpaired) electrons. The number of aromatic nitrogens is 1. The number of amides is 1. The molecule has 4 aromatic rings. The third-order valence-corrected chi connectivity index (χ3v) is 5.43. The minimum atomic E-state index is -0.188. The monoisotopic (exact) mass is 362 g/mol. The van der Waals surface area contributed by atoms with Gasteiger partial charge in [-0.15, -0.1) is 0 Å². The lowest BCUT2D eigenvalue weighted by molar-refractivity contribution is 0.0958. The second-order valence-electron chi connectivity index (χ2n) is 6.28. The number of hydrogen-bond acceptors (Lipinski definition) is 4. The van der Waals surface area contributed by atoms with Crippen LogP contribution in [0.2, 0.25) is 0 Å². The van der Waals surface area contributed by atoms with Crippen molar-refractivity contribution >= 4 is 32.6 Å². The van der Waals surface area contributed by atoms with Crippen molar-refractivity contribution in [3.8, 4) is 0 Å². The van der Waals surface area contributed by atoms with E-state index in [1.807, 2.05) is 30.3 Å². The third-order valence-electron chi connectivity index (χ3n) is 4.20. The second-order valence-corrected chi connectivity index (χ2v) is 7.26. The predicted octanol–water partition coefficient (Wildman–Crippen LogP) is 5.35. The van der Waals surface area contributed by atoms with Gasteiger partial charge in [-0.3, -0.25) is 9.69 Å². The molecule has 130 valence electrons. The molecule has 0 fully saturated rings. The maximum absolute atomic E-state index is 13.0. The average Bonchev–Trinajstić information content (AvgIpc) is 3.29. The fraction of sp³-hybridized carbons (Fsp3) is 0.143. The summed E-state index contributed by atoms with van der Waals surface area (Å²) in [5.74, 6) is 0.125. The molecule has 0 aliphatic carbocycles. The van der Waals surface area contributed by atoms with Crippen molar-refractivity contribution in [2.24, 2.45) is 0 Å². The molecular weight excluding hydrogens is 344 g/mol. The van der Waals surface area contributed by atoms with Crippen molar-refractivity contribution in [2.75, 3.05) is 4.90 Å². The van der Waals surface area contributed by atoms with Gasteiger partial charge in [-0.2, -0.15) is 0 Å². The lowest BCUT2D eigenvalue weighted by atomic mass is 10.1. The fourth-order valence-corrected chi connectivity index (χ4v) is 4.02. The first-order valence-corrected chi connectivity index (χ1v) is 9.20. The maximum Gasteiger partial charge on any atom is 0.296 e. The van der Waals surface area contributed by atoms with E-state index < -0.39 is 0 Å². The quantitative estimate of drug-likeness (QED) is 0.491. The number of anilines is 1. The van der Waals surface area contributed by atoms with Crippen LogP contribution < -0.4 is 4.90 Å². The van der Waals surface area contributed by atoms with Crippen molar-refractivity contribution in [2.45, 2.75) is 20.4 Å². The van der Waals surface area contributed by atoms with Crippen LogP contribution >= 0.6 is 11.3 Å². The number of fused-ring (bicyclic) bond motifs is 1. The Bertz CT molecular complexity index is 1050. The lowest BCUT2D eigenvalue weighted by Crippen LogP contribution is -2.30. The Labute approximate surface area is 155 Å². The van der Waals surface area contributed by atoms with Gasteiger partial charge in [-0.25, -0.2) is 4.98 Å². The van der Waals surface area contributed by atoms with E-state index >= 15 is 0 Å². The molecule has 0 bridgehead atoms. The number of furan rings is 1. The van der Waals surface area contributed by atoms with Gasteiger partial charge in [0.25, 0.3) is 5.91 Å². The summed E-state index contributed by atoms with van der Waals surface area (Å²) in [6.45, 7) is 4.58. The van der Waals surface area contributed by atoms with Gasteiger partial charge in [0.1, 0.15) is 0 Å². The van der Waals surface area contributed by atoms with Crippen LogP contribution in [0, 0.1) is 13.8 Å². The highest BCUT2D eigenvalue weighted by Gasteiger charge is 2.24. The van der Waals surface area contributed by atoms with Crippen LogP contribution in [-0.2, 0) is 6.54 Å². The van der Waals surface area contributed by atoms with Gasteiger partial charge >= 0.3 is 0 Å². The van der Waals surface area contributed by atoms with Crippen molar-refractivity contribution in [1.82, 2.24) is 4.98 Å². The Hall–Kier alpha value is -2.92. The van der Waals surface area contributed by atoms with Crippen LogP contribution in [0.25, 0.3) is 10.2 Å². The highest BCUT2D eigenvalue weighted by Crippen LogP contribution is 2.33. The van der Waals surface area contributed by atoms with Crippen LogP contribution in [0.1, 0.15) is 27.2 Å². The van der Waals surface area contributed by atoms with Gasteiger partial charge in [0.15, 0.2) is 10.9 Å². The molecule has 0 N–H and O–H groups in total. The molecule has 2 aromatic heterocycles. The minimum absolute atomic E-state index is 0.188. The van der Waals surface area contributed by atoms with E-state index in [9.17, 15) is 4.79 Å². The molecule has 4 nitrogen and oxygen atoms in total. The molecule has 0 aliphatic rings. The summed E-state index contributed by atoms with van der Waals surface area (Å²) < 4.78 is 6.45. The SMILES string of the molecule is Cc1cc(C)c2sc(N(Cc3ccccc3)C(=O)c3ccco3)nc2c1. The Morgan fingerprint density at radius 2 is 1.92 bits per heavy atom. The largest absolute Gasteiger partial charge is 0.459 e. The van der Waals surface area contributed by atoms with Crippen LogP contribution in [0.4, 0.5) is 5.13 Å². The van der Waals surface area contributed by atoms with Crippen molar-refractivity contribution in [3.05, 3.63) is 83.3 Å². The Kier molecular flexibility index (Phi) is 4.31. The van der Waals surface area contributed by atoms with Gasteiger partial charge in [-0.1, -0.05) is 47.7 Å². The first kappa shape index (κ1) is 16.5. The Morgan fingerprint density at radius 1 is 1.12 bits per heavy atom. The Morgan fingerprint density at radius 3 is 2.65 bits per heavy atom. The molecule has 2 aromatic carbocycles. The molecule has 0 saturated heterocycles. The van der Waals surface area contributed by atoms with Gasteiger partial charge < -0.3 is 4.42 Å². The van der Waals surface area contributed by atoms with Crippen molar-refractivity contribution in [3.63, 3.8) is 0 Å². The molecule has 4 rings (SSSR count). The van der Waals surface area contributed by atoms with Crippen LogP contribution in [0.3, 0.4) is 0 Å². The molecule has 1 amide bonds. The molecule has 0 unspecified atom stereocenters. The topological polar surface area (TPSA) is 46.3 Å². The summed E-state index contributed by atoms with van der Waals surface area (Å²) in [7, 11) is 0. The van der Waals surface area contributed by atoms with E-state index in [2.05, 4.69) is 26.0 Å². The molecule has 26 heavy (non-hydrogen) atoms. The first-order chi connectivity index (χ1) is 12.6. The van der Waals surface area contributed by atoms with Crippen LogP contribution in [-0.4, -0.2) is 10.9 Å². The number of nitrogens with zero attached hydrogens (tertiary/aromatic N) is 2. The number of carbonyl (C=O) groups is 1. The zero-order chi connectivity index (χ0) is 18.1. The van der Waals surface area contributed by atoms with Crippen LogP contribution in [0.15, 0.2) is 65.3 Å². The summed E-state index contributed by atoms with van der Waals surface area (Å²) in [6, 6.07) is 17.5. The third kappa shape index (κ3) is 3.13. The highest BCUT2D eigenvalue weighted by atomic mass is 32.1. The average molecular weight is 362 g/mol. The molecule has 2 heterocycles. The molecule has 0 spiro atoms. The smallest absolute Gasteiger partial charge is 0.296 e. The number of hydrogen-bond donors (Lipinski definition) is 0. The molecule has 0 saturated carbocycles. The van der Waals surface area contributed by atoms with Crippen LogP contribution in [0.5, 0.6) is 0 Å². The van der Waals surface area contributed by atoms with Gasteiger partial charge in [-0.05, 0) is 48.7 Å². The fourth-order valence-electron chi connectivity index (χ4n) is 3.01. The van der Waals surface area contributed by atoms with Gasteiger partial charge in [0.05, 0.1) is 23.0 Å². The molecule has 5 heteroatoms. The zero-order valence-electron chi connectivity index (χ0n) is 14.6. The summed E-state index contributed by atoms with van der Waals surface area (Å²) in [6.07, 6.45) is 1.51. The summed E-state index contributed by atoms with van der Waals surface area (Å²) in [5.41, 5.74) is 4.31. The van der Waals surface area contributed by atoms with Crippen molar-refractivity contribution < 1.29 is 9.21 Å². The summed E-state index contributed by atoms with van der Waals surface area (Å²) in [4.78, 5) is 19.5. The molecule has 0 atom stereocenters. The van der Waals surface area contributed by atoms with Crippen molar-refractivity contribution in [1.29, 1.82) is 0 Å². The zero-order valence-corrected chi connectivity index (χ0v) is 15.4. The predicted molar refractivity (Wildman–Crippen MR) is 105 cm³/mol. The van der Waals surface area contributed by atoms with E-state index in [0.717, 1.165) is 15.8 Å². The number of benzene rings is 2. The van der Waals surface area contributed by atoms with E-state index in [-0.39, 0.29) is 5.91 Å². The van der Waals surface area contributed by atoms with E-state index in [1.54, 1.807) is 17.0 Å². The van der Waals surface area contributed by atoms with Gasteiger partial charge in [0, 0.05) is 0 Å². The molecular formula is C21H18N2O2S. The van der Waals surface area contributed by atoms with Gasteiger partial charge in [0.2, 0.25) is 0 Å². The first-order valence-electron chi connectivity index (χ1n) is 8.39. The molecule has 0 aliphatic heterocycles. The van der Waals surface area contributed by atoms with E-state index in [0.29, 0.717) is 17.4 Å². The summed E-state index contributed by atoms with van der Waals surface area (Å²) >= 11 is 1.54. The Balaban J connectivity index is 1.79. The summed E-state index contributed by atoms with van der Waals surface area (Å²) in [5, 5.41) is 0.680. The highest BCUT2D eigenvalue weighted by molar-refractivity contribution is 7.22. The number of aryl methyl sites for hydroxylation is 2. The minimum Gasteiger partial charge on any atom is -0.459 e. The van der Waals surface area contributed by atoms with E-state index in [1.165, 1.54) is 28.7 Å². The standard InChI is InChI=1S/C21H18N2O2S/c1-14-11-15(2)19-17(12-14)22-21(26-19)23(13-16-7-4-3-5-8-16)20(24)18-9-6-10-25-18/h3-12H,13H2,1-2H3. The number of thiazole rings is 1. The van der Waals surface area contributed by atoms with E-state index in [4.69, 9.17) is 9.40 Å². The second kappa shape index (κ2) is 6.77. The maximum atomic E-state index is 13.0. The number of rotatable bonds is 4. The lowest BCUT2D eigenvalue weighted by Gasteiger charge is -2.18. The number of carbonyl (C=O) groups excluding carboxylic acids is 1.